The topological polar surface area (TPSA) is 82.0 Å². The second kappa shape index (κ2) is 11.0. The van der Waals surface area contributed by atoms with Crippen molar-refractivity contribution in [1.82, 2.24) is 19.8 Å². The molecule has 2 aromatic rings. The average molecular weight is 488 g/mol. The third-order valence-corrected chi connectivity index (χ3v) is 7.16. The van der Waals surface area contributed by atoms with Crippen LogP contribution in [0.25, 0.3) is 0 Å². The molecule has 4 rings (SSSR count). The molecule has 1 fully saturated rings. The van der Waals surface area contributed by atoms with Gasteiger partial charge in [0.1, 0.15) is 12.1 Å². The normalized spacial score (nSPS) is 21.1. The zero-order chi connectivity index (χ0) is 24.2. The molecule has 3 atom stereocenters. The Morgan fingerprint density at radius 2 is 1.94 bits per heavy atom. The number of nitrogens with zero attached hydrogens (tertiary/aromatic N) is 5. The van der Waals surface area contributed by atoms with Crippen LogP contribution in [0.5, 0.6) is 0 Å². The fraction of sp³-hybridized carbons (Fsp3) is 0.560. The highest BCUT2D eigenvalue weighted by atomic mass is 35.5. The number of methoxy groups -OCH3 is 1. The molecule has 1 aromatic heterocycles. The number of ether oxygens (including phenoxy) is 1. The molecule has 1 aliphatic carbocycles. The largest absolute Gasteiger partial charge is 0.387 e. The van der Waals surface area contributed by atoms with Crippen LogP contribution >= 0.6 is 11.6 Å². The van der Waals surface area contributed by atoms with Crippen LogP contribution in [-0.2, 0) is 9.53 Å². The lowest BCUT2D eigenvalue weighted by molar-refractivity contribution is -0.133. The first-order chi connectivity index (χ1) is 16.4. The van der Waals surface area contributed by atoms with Crippen LogP contribution in [0.1, 0.15) is 48.1 Å². The molecule has 2 aliphatic rings. The highest BCUT2D eigenvalue weighted by Gasteiger charge is 2.35. The van der Waals surface area contributed by atoms with Gasteiger partial charge in [-0.15, -0.1) is 0 Å². The minimum absolute atomic E-state index is 0.128. The Hall–Kier alpha value is -2.26. The smallest absolute Gasteiger partial charge is 0.231 e. The minimum atomic E-state index is -0.523. The van der Waals surface area contributed by atoms with Gasteiger partial charge in [-0.2, -0.15) is 0 Å². The predicted octanol–water partition coefficient (Wildman–Crippen LogP) is 2.68. The molecular weight excluding hydrogens is 454 g/mol. The molecule has 1 amide bonds. The van der Waals surface area contributed by atoms with Crippen LogP contribution in [0.3, 0.4) is 0 Å². The van der Waals surface area contributed by atoms with Gasteiger partial charge in [0.2, 0.25) is 5.91 Å². The van der Waals surface area contributed by atoms with Gasteiger partial charge in [-0.05, 0) is 37.1 Å². The summed E-state index contributed by atoms with van der Waals surface area (Å²) >= 11 is 6.10. The van der Waals surface area contributed by atoms with E-state index in [4.69, 9.17) is 16.3 Å². The number of aromatic nitrogens is 2. The molecule has 184 valence electrons. The number of hydrogen-bond acceptors (Lipinski definition) is 7. The van der Waals surface area contributed by atoms with Crippen molar-refractivity contribution in [3.63, 3.8) is 0 Å². The quantitative estimate of drug-likeness (QED) is 0.613. The maximum Gasteiger partial charge on any atom is 0.231 e. The van der Waals surface area contributed by atoms with Crippen molar-refractivity contribution in [3.8, 4) is 0 Å². The summed E-state index contributed by atoms with van der Waals surface area (Å²) in [7, 11) is 3.70. The molecule has 0 bridgehead atoms. The number of piperazine rings is 1. The average Bonchev–Trinajstić information content (AvgIpc) is 3.15. The number of likely N-dealkylation sites (N-methyl/N-ethyl adjacent to an activating group) is 1. The van der Waals surface area contributed by atoms with Crippen molar-refractivity contribution >= 4 is 23.3 Å². The molecule has 1 aliphatic heterocycles. The number of hydrogen-bond donors (Lipinski definition) is 1. The first kappa shape index (κ1) is 24.9. The Morgan fingerprint density at radius 1 is 1.24 bits per heavy atom. The standard InChI is InChI=1S/C25H34ClN5O3/c1-17-14-21(32)23-22(17)24(28-16-27-23)30-8-10-31(11-9-30)25(33)20(15-29(2)12-13-34-3)18-4-6-19(26)7-5-18/h4-7,16-17,20-21,32H,8-15H2,1-3H3/t17-,20-,21-/m1/s1. The van der Waals surface area contributed by atoms with Crippen molar-refractivity contribution in [2.24, 2.45) is 0 Å². The zero-order valence-electron chi connectivity index (χ0n) is 20.2. The molecule has 0 unspecified atom stereocenters. The molecule has 0 radical (unpaired) electrons. The van der Waals surface area contributed by atoms with Gasteiger partial charge >= 0.3 is 0 Å². The van der Waals surface area contributed by atoms with E-state index in [2.05, 4.69) is 26.7 Å². The van der Waals surface area contributed by atoms with Crippen molar-refractivity contribution in [2.45, 2.75) is 31.3 Å². The summed E-state index contributed by atoms with van der Waals surface area (Å²) in [5, 5.41) is 11.0. The van der Waals surface area contributed by atoms with Crippen LogP contribution in [0.15, 0.2) is 30.6 Å². The summed E-state index contributed by atoms with van der Waals surface area (Å²) in [5.74, 6) is 0.972. The lowest BCUT2D eigenvalue weighted by Crippen LogP contribution is -2.51. The van der Waals surface area contributed by atoms with E-state index < -0.39 is 6.10 Å². The maximum absolute atomic E-state index is 13.7. The Labute approximate surface area is 206 Å². The fourth-order valence-electron chi connectivity index (χ4n) is 4.98. The van der Waals surface area contributed by atoms with E-state index in [1.165, 1.54) is 0 Å². The number of fused-ring (bicyclic) bond motifs is 1. The van der Waals surface area contributed by atoms with Crippen LogP contribution < -0.4 is 4.90 Å². The lowest BCUT2D eigenvalue weighted by atomic mass is 9.96. The highest BCUT2D eigenvalue weighted by molar-refractivity contribution is 6.30. The van der Waals surface area contributed by atoms with E-state index in [0.717, 1.165) is 29.2 Å². The number of amides is 1. The SMILES string of the molecule is COCCN(C)C[C@@H](C(=O)N1CCN(c2ncnc3c2[C@H](C)C[C@H]3O)CC1)c1ccc(Cl)cc1. The fourth-order valence-corrected chi connectivity index (χ4v) is 5.11. The molecule has 2 heterocycles. The van der Waals surface area contributed by atoms with E-state index in [-0.39, 0.29) is 17.7 Å². The number of rotatable bonds is 8. The summed E-state index contributed by atoms with van der Waals surface area (Å²) in [6.45, 7) is 6.74. The Morgan fingerprint density at radius 3 is 2.62 bits per heavy atom. The third-order valence-electron chi connectivity index (χ3n) is 6.91. The molecule has 1 N–H and O–H groups in total. The summed E-state index contributed by atoms with van der Waals surface area (Å²) < 4.78 is 5.21. The maximum atomic E-state index is 13.7. The van der Waals surface area contributed by atoms with Crippen LogP contribution in [0, 0.1) is 0 Å². The molecular formula is C25H34ClN5O3. The number of benzene rings is 1. The summed E-state index contributed by atoms with van der Waals surface area (Å²) in [6, 6.07) is 7.58. The van der Waals surface area contributed by atoms with E-state index in [9.17, 15) is 9.90 Å². The van der Waals surface area contributed by atoms with Gasteiger partial charge in [0, 0.05) is 57.0 Å². The molecule has 1 aromatic carbocycles. The third kappa shape index (κ3) is 5.35. The highest BCUT2D eigenvalue weighted by Crippen LogP contribution is 2.42. The Balaban J connectivity index is 1.47. The Bertz CT molecular complexity index is 981. The molecule has 8 nitrogen and oxygen atoms in total. The second-order valence-corrected chi connectivity index (χ2v) is 9.76. The molecule has 0 saturated carbocycles. The monoisotopic (exact) mass is 487 g/mol. The van der Waals surface area contributed by atoms with Crippen LogP contribution in [-0.4, -0.2) is 90.8 Å². The second-order valence-electron chi connectivity index (χ2n) is 9.32. The lowest BCUT2D eigenvalue weighted by Gasteiger charge is -2.38. The van der Waals surface area contributed by atoms with Gasteiger partial charge in [-0.1, -0.05) is 30.7 Å². The first-order valence-electron chi connectivity index (χ1n) is 11.9. The predicted molar refractivity (Wildman–Crippen MR) is 132 cm³/mol. The van der Waals surface area contributed by atoms with Crippen molar-refractivity contribution in [1.29, 1.82) is 0 Å². The van der Waals surface area contributed by atoms with Gasteiger partial charge in [0.05, 0.1) is 24.3 Å². The summed E-state index contributed by atoms with van der Waals surface area (Å²) in [6.07, 6.45) is 1.70. The van der Waals surface area contributed by atoms with E-state index in [0.29, 0.717) is 50.8 Å². The van der Waals surface area contributed by atoms with Gasteiger partial charge in [-0.25, -0.2) is 9.97 Å². The molecule has 34 heavy (non-hydrogen) atoms. The number of carbonyl (C=O) groups excluding carboxylic acids is 1. The minimum Gasteiger partial charge on any atom is -0.387 e. The molecule has 1 saturated heterocycles. The van der Waals surface area contributed by atoms with E-state index in [1.807, 2.05) is 36.2 Å². The number of anilines is 1. The van der Waals surface area contributed by atoms with Crippen molar-refractivity contribution < 1.29 is 14.6 Å². The zero-order valence-corrected chi connectivity index (χ0v) is 20.9. The molecule has 0 spiro atoms. The van der Waals surface area contributed by atoms with E-state index >= 15 is 0 Å². The number of aliphatic hydroxyl groups excluding tert-OH is 1. The Kier molecular flexibility index (Phi) is 8.03. The van der Waals surface area contributed by atoms with Crippen molar-refractivity contribution in [3.05, 3.63) is 52.4 Å². The van der Waals surface area contributed by atoms with E-state index in [1.54, 1.807) is 13.4 Å². The number of carbonyl (C=O) groups is 1. The van der Waals surface area contributed by atoms with Gasteiger partial charge < -0.3 is 24.5 Å². The summed E-state index contributed by atoms with van der Waals surface area (Å²) in [5.41, 5.74) is 2.77. The van der Waals surface area contributed by atoms with Crippen molar-refractivity contribution in [2.75, 3.05) is 64.9 Å². The number of aliphatic hydroxyl groups is 1. The van der Waals surface area contributed by atoms with Gasteiger partial charge in [0.25, 0.3) is 0 Å². The molecule has 9 heteroatoms. The first-order valence-corrected chi connectivity index (χ1v) is 12.3. The van der Waals surface area contributed by atoms with Crippen LogP contribution in [0.4, 0.5) is 5.82 Å². The van der Waals surface area contributed by atoms with Gasteiger partial charge in [0.15, 0.2) is 0 Å². The van der Waals surface area contributed by atoms with Gasteiger partial charge in [-0.3, -0.25) is 4.79 Å². The number of halogens is 1. The van der Waals surface area contributed by atoms with Crippen LogP contribution in [0.2, 0.25) is 5.02 Å². The summed E-state index contributed by atoms with van der Waals surface area (Å²) in [4.78, 5) is 28.9.